The first-order valence-electron chi connectivity index (χ1n) is 12.5. The molecular weight excluding hydrogens is 386 g/mol. The molecule has 1 aliphatic carbocycles. The predicted octanol–water partition coefficient (Wildman–Crippen LogP) is 4.61. The normalized spacial score (nSPS) is 22.0. The summed E-state index contributed by atoms with van der Waals surface area (Å²) in [6, 6.07) is 8.59. The number of nitrogens with one attached hydrogen (secondary N) is 1. The van der Waals surface area contributed by atoms with E-state index < -0.39 is 0 Å². The fraction of sp³-hybridized carbons (Fsp3) is 0.692. The number of rotatable bonds is 6. The summed E-state index contributed by atoms with van der Waals surface area (Å²) in [5, 5.41) is 3.08. The van der Waals surface area contributed by atoms with Crippen LogP contribution in [0, 0.1) is 18.8 Å². The summed E-state index contributed by atoms with van der Waals surface area (Å²) in [4.78, 5) is 29.9. The molecule has 0 aromatic heterocycles. The average Bonchev–Trinajstić information content (AvgIpc) is 3.33. The van der Waals surface area contributed by atoms with Crippen LogP contribution in [0.15, 0.2) is 24.3 Å². The number of anilines is 1. The molecule has 2 aliphatic heterocycles. The Balaban J connectivity index is 1.15. The van der Waals surface area contributed by atoms with Gasteiger partial charge in [-0.1, -0.05) is 43.4 Å². The van der Waals surface area contributed by atoms with Crippen molar-refractivity contribution >= 4 is 17.5 Å². The first-order chi connectivity index (χ1) is 15.1. The summed E-state index contributed by atoms with van der Waals surface area (Å²) >= 11 is 0. The van der Waals surface area contributed by atoms with E-state index in [2.05, 4.69) is 22.0 Å². The van der Waals surface area contributed by atoms with Crippen molar-refractivity contribution in [1.82, 2.24) is 9.80 Å². The number of hydrogen-bond acceptors (Lipinski definition) is 3. The van der Waals surface area contributed by atoms with E-state index in [0.717, 1.165) is 76.3 Å². The van der Waals surface area contributed by atoms with E-state index in [-0.39, 0.29) is 11.8 Å². The maximum atomic E-state index is 12.6. The van der Waals surface area contributed by atoms with Crippen LogP contribution in [0.25, 0.3) is 0 Å². The van der Waals surface area contributed by atoms with Crippen LogP contribution in [0.4, 0.5) is 5.69 Å². The Bertz CT molecular complexity index is 726. The summed E-state index contributed by atoms with van der Waals surface area (Å²) in [7, 11) is 0. The summed E-state index contributed by atoms with van der Waals surface area (Å²) in [6.07, 6.45) is 11.2. The van der Waals surface area contributed by atoms with Crippen molar-refractivity contribution < 1.29 is 9.59 Å². The first-order valence-corrected chi connectivity index (χ1v) is 12.5. The monoisotopic (exact) mass is 425 g/mol. The SMILES string of the molecule is Cc1ccc(NC(=O)C2CCN(C3CCN(C(=O)CCC4CCCC4)CC3)CC2)cc1. The zero-order chi connectivity index (χ0) is 21.6. The molecule has 1 aromatic rings. The minimum absolute atomic E-state index is 0.106. The molecule has 31 heavy (non-hydrogen) atoms. The molecule has 170 valence electrons. The molecule has 2 heterocycles. The van der Waals surface area contributed by atoms with Gasteiger partial charge in [-0.15, -0.1) is 0 Å². The molecule has 0 bridgehead atoms. The molecular formula is C26H39N3O2. The predicted molar refractivity (Wildman–Crippen MR) is 125 cm³/mol. The van der Waals surface area contributed by atoms with Crippen LogP contribution in [0.2, 0.25) is 0 Å². The second-order valence-electron chi connectivity index (χ2n) is 9.97. The molecule has 5 nitrogen and oxygen atoms in total. The first kappa shape index (κ1) is 22.3. The Kier molecular flexibility index (Phi) is 7.65. The van der Waals surface area contributed by atoms with E-state index in [1.807, 2.05) is 24.3 Å². The van der Waals surface area contributed by atoms with Crippen LogP contribution in [0.1, 0.15) is 69.8 Å². The lowest BCUT2D eigenvalue weighted by Gasteiger charge is -2.41. The maximum absolute atomic E-state index is 12.6. The zero-order valence-electron chi connectivity index (χ0n) is 19.2. The Morgan fingerprint density at radius 1 is 0.903 bits per heavy atom. The smallest absolute Gasteiger partial charge is 0.227 e. The largest absolute Gasteiger partial charge is 0.343 e. The van der Waals surface area contributed by atoms with Gasteiger partial charge in [0.1, 0.15) is 0 Å². The maximum Gasteiger partial charge on any atom is 0.227 e. The highest BCUT2D eigenvalue weighted by Gasteiger charge is 2.31. The van der Waals surface area contributed by atoms with Crippen molar-refractivity contribution in [3.63, 3.8) is 0 Å². The van der Waals surface area contributed by atoms with E-state index in [1.165, 1.54) is 31.2 Å². The number of aryl methyl sites for hydroxylation is 1. The van der Waals surface area contributed by atoms with Crippen molar-refractivity contribution in [3.8, 4) is 0 Å². The molecule has 3 aliphatic rings. The minimum atomic E-state index is 0.106. The van der Waals surface area contributed by atoms with Gasteiger partial charge in [0.05, 0.1) is 0 Å². The van der Waals surface area contributed by atoms with Gasteiger partial charge in [-0.05, 0) is 70.2 Å². The van der Waals surface area contributed by atoms with Crippen molar-refractivity contribution in [2.24, 2.45) is 11.8 Å². The number of benzene rings is 1. The molecule has 0 unspecified atom stereocenters. The highest BCUT2D eigenvalue weighted by molar-refractivity contribution is 5.92. The van der Waals surface area contributed by atoms with Gasteiger partial charge in [0.2, 0.25) is 11.8 Å². The second-order valence-corrected chi connectivity index (χ2v) is 9.97. The average molecular weight is 426 g/mol. The third-order valence-corrected chi connectivity index (χ3v) is 7.79. The number of amides is 2. The van der Waals surface area contributed by atoms with Crippen LogP contribution < -0.4 is 5.32 Å². The van der Waals surface area contributed by atoms with Gasteiger partial charge in [0, 0.05) is 37.2 Å². The van der Waals surface area contributed by atoms with Gasteiger partial charge in [0.15, 0.2) is 0 Å². The Morgan fingerprint density at radius 3 is 2.19 bits per heavy atom. The molecule has 1 N–H and O–H groups in total. The summed E-state index contributed by atoms with van der Waals surface area (Å²) in [5.41, 5.74) is 2.09. The van der Waals surface area contributed by atoms with Crippen LogP contribution >= 0.6 is 0 Å². The molecule has 4 rings (SSSR count). The fourth-order valence-corrected chi connectivity index (χ4v) is 5.67. The van der Waals surface area contributed by atoms with Gasteiger partial charge < -0.3 is 15.1 Å². The van der Waals surface area contributed by atoms with Crippen LogP contribution in [-0.4, -0.2) is 53.8 Å². The number of hydrogen-bond donors (Lipinski definition) is 1. The van der Waals surface area contributed by atoms with Gasteiger partial charge in [-0.3, -0.25) is 9.59 Å². The Hall–Kier alpha value is -1.88. The highest BCUT2D eigenvalue weighted by Crippen LogP contribution is 2.29. The number of likely N-dealkylation sites (tertiary alicyclic amines) is 2. The lowest BCUT2D eigenvalue weighted by molar-refractivity contribution is -0.133. The highest BCUT2D eigenvalue weighted by atomic mass is 16.2. The van der Waals surface area contributed by atoms with Crippen LogP contribution in [-0.2, 0) is 9.59 Å². The Morgan fingerprint density at radius 2 is 1.55 bits per heavy atom. The van der Waals surface area contributed by atoms with E-state index in [1.54, 1.807) is 0 Å². The third-order valence-electron chi connectivity index (χ3n) is 7.79. The van der Waals surface area contributed by atoms with E-state index in [0.29, 0.717) is 11.9 Å². The minimum Gasteiger partial charge on any atom is -0.343 e. The Labute approximate surface area is 187 Å². The number of carbonyl (C=O) groups excluding carboxylic acids is 2. The summed E-state index contributed by atoms with van der Waals surface area (Å²) in [5.74, 6) is 1.43. The molecule has 2 amide bonds. The van der Waals surface area contributed by atoms with Crippen LogP contribution in [0.3, 0.4) is 0 Å². The van der Waals surface area contributed by atoms with Crippen molar-refractivity contribution in [3.05, 3.63) is 29.8 Å². The molecule has 1 saturated carbocycles. The van der Waals surface area contributed by atoms with Crippen molar-refractivity contribution in [2.45, 2.75) is 77.2 Å². The van der Waals surface area contributed by atoms with Crippen molar-refractivity contribution in [1.29, 1.82) is 0 Å². The van der Waals surface area contributed by atoms with Crippen LogP contribution in [0.5, 0.6) is 0 Å². The quantitative estimate of drug-likeness (QED) is 0.724. The molecule has 2 saturated heterocycles. The third kappa shape index (κ3) is 6.09. The number of nitrogens with zero attached hydrogens (tertiary/aromatic N) is 2. The number of piperidine rings is 2. The fourth-order valence-electron chi connectivity index (χ4n) is 5.67. The summed E-state index contributed by atoms with van der Waals surface area (Å²) < 4.78 is 0. The molecule has 0 atom stereocenters. The van der Waals surface area contributed by atoms with Gasteiger partial charge in [0.25, 0.3) is 0 Å². The standard InChI is InChI=1S/C26H39N3O2/c1-20-6-9-23(10-7-20)27-26(31)22-12-16-28(17-13-22)24-14-18-29(19-15-24)25(30)11-8-21-4-2-3-5-21/h6-7,9-10,21-22,24H,2-5,8,11-19H2,1H3,(H,27,31). The number of carbonyl (C=O) groups is 2. The topological polar surface area (TPSA) is 52.7 Å². The van der Waals surface area contributed by atoms with Gasteiger partial charge in [-0.2, -0.15) is 0 Å². The molecule has 5 heteroatoms. The van der Waals surface area contributed by atoms with E-state index in [9.17, 15) is 9.59 Å². The summed E-state index contributed by atoms with van der Waals surface area (Å²) in [6.45, 7) is 5.85. The molecule has 0 spiro atoms. The second kappa shape index (κ2) is 10.6. The molecule has 0 radical (unpaired) electrons. The molecule has 3 fully saturated rings. The lowest BCUT2D eigenvalue weighted by atomic mass is 9.92. The van der Waals surface area contributed by atoms with E-state index in [4.69, 9.17) is 0 Å². The molecule has 1 aromatic carbocycles. The van der Waals surface area contributed by atoms with Crippen molar-refractivity contribution in [2.75, 3.05) is 31.5 Å². The van der Waals surface area contributed by atoms with Gasteiger partial charge in [-0.25, -0.2) is 0 Å². The lowest BCUT2D eigenvalue weighted by Crippen LogP contribution is -2.49. The zero-order valence-corrected chi connectivity index (χ0v) is 19.2. The van der Waals surface area contributed by atoms with E-state index >= 15 is 0 Å². The van der Waals surface area contributed by atoms with Gasteiger partial charge >= 0.3 is 0 Å².